The van der Waals surface area contributed by atoms with Crippen LogP contribution in [0.3, 0.4) is 0 Å². The van der Waals surface area contributed by atoms with Crippen LogP contribution < -0.4 is 0 Å². The molecule has 1 atom stereocenters. The molecule has 1 unspecified atom stereocenters. The van der Waals surface area contributed by atoms with Gasteiger partial charge in [0.1, 0.15) is 0 Å². The van der Waals surface area contributed by atoms with Crippen molar-refractivity contribution in [2.75, 3.05) is 19.6 Å². The van der Waals surface area contributed by atoms with Crippen molar-refractivity contribution in [3.8, 4) is 11.4 Å². The van der Waals surface area contributed by atoms with Crippen LogP contribution in [0.2, 0.25) is 0 Å². The Balaban J connectivity index is 1.40. The molecule has 1 aromatic carbocycles. The first kappa shape index (κ1) is 15.8. The zero-order valence-electron chi connectivity index (χ0n) is 14.6. The summed E-state index contributed by atoms with van der Waals surface area (Å²) in [6, 6.07) is 8.22. The van der Waals surface area contributed by atoms with Gasteiger partial charge in [-0.25, -0.2) is 0 Å². The van der Waals surface area contributed by atoms with E-state index in [0.29, 0.717) is 5.92 Å². The molecule has 0 bridgehead atoms. The summed E-state index contributed by atoms with van der Waals surface area (Å²) in [5.74, 6) is 2.86. The Labute approximate surface area is 144 Å². The van der Waals surface area contributed by atoms with Crippen LogP contribution in [0, 0.1) is 12.8 Å². The number of hydrogen-bond acceptors (Lipinski definition) is 4. The van der Waals surface area contributed by atoms with Crippen molar-refractivity contribution in [1.82, 2.24) is 15.0 Å². The van der Waals surface area contributed by atoms with Crippen molar-refractivity contribution in [3.05, 3.63) is 35.7 Å². The summed E-state index contributed by atoms with van der Waals surface area (Å²) >= 11 is 0. The Bertz CT molecular complexity index is 675. The zero-order valence-corrected chi connectivity index (χ0v) is 14.6. The summed E-state index contributed by atoms with van der Waals surface area (Å²) < 4.78 is 5.61. The number of likely N-dealkylation sites (tertiary alicyclic amines) is 1. The fourth-order valence-corrected chi connectivity index (χ4v) is 4.27. The monoisotopic (exact) mass is 325 g/mol. The van der Waals surface area contributed by atoms with E-state index in [2.05, 4.69) is 29.1 Å². The second-order valence-corrected chi connectivity index (χ2v) is 7.52. The molecule has 0 N–H and O–H groups in total. The Morgan fingerprint density at radius 2 is 1.96 bits per heavy atom. The molecule has 4 heteroatoms. The minimum atomic E-state index is 0.402. The molecule has 4 rings (SSSR count). The van der Waals surface area contributed by atoms with Gasteiger partial charge in [0.15, 0.2) is 0 Å². The third kappa shape index (κ3) is 3.39. The lowest BCUT2D eigenvalue weighted by atomic mass is 9.89. The topological polar surface area (TPSA) is 42.2 Å². The minimum Gasteiger partial charge on any atom is -0.339 e. The number of rotatable bonds is 4. The fourth-order valence-electron chi connectivity index (χ4n) is 4.27. The third-order valence-electron chi connectivity index (χ3n) is 5.69. The van der Waals surface area contributed by atoms with E-state index < -0.39 is 0 Å². The van der Waals surface area contributed by atoms with Gasteiger partial charge in [-0.2, -0.15) is 4.98 Å². The zero-order chi connectivity index (χ0) is 16.4. The lowest BCUT2D eigenvalue weighted by Crippen LogP contribution is -2.28. The fraction of sp³-hybridized carbons (Fsp3) is 0.600. The van der Waals surface area contributed by atoms with Gasteiger partial charge in [-0.05, 0) is 44.2 Å². The standard InChI is InChI=1S/C20H27N3O/c1-15-7-5-6-10-18(15)19-21-20(24-22-19)17-11-12-23(14-17)13-16-8-3-2-4-9-16/h5-7,10,16-17H,2-4,8-9,11-14H2,1H3. The highest BCUT2D eigenvalue weighted by atomic mass is 16.5. The highest BCUT2D eigenvalue weighted by molar-refractivity contribution is 5.59. The second kappa shape index (κ2) is 7.06. The van der Waals surface area contributed by atoms with Crippen molar-refractivity contribution in [2.24, 2.45) is 5.92 Å². The maximum atomic E-state index is 5.61. The van der Waals surface area contributed by atoms with Crippen LogP contribution in [0.1, 0.15) is 55.9 Å². The smallest absolute Gasteiger partial charge is 0.231 e. The van der Waals surface area contributed by atoms with E-state index in [4.69, 9.17) is 9.51 Å². The number of benzene rings is 1. The summed E-state index contributed by atoms with van der Waals surface area (Å²) in [6.45, 7) is 5.59. The van der Waals surface area contributed by atoms with E-state index in [0.717, 1.165) is 36.2 Å². The molecule has 1 aliphatic heterocycles. The van der Waals surface area contributed by atoms with Crippen molar-refractivity contribution >= 4 is 0 Å². The van der Waals surface area contributed by atoms with Gasteiger partial charge in [-0.15, -0.1) is 0 Å². The van der Waals surface area contributed by atoms with E-state index in [9.17, 15) is 0 Å². The van der Waals surface area contributed by atoms with Gasteiger partial charge >= 0.3 is 0 Å². The molecule has 2 aromatic rings. The van der Waals surface area contributed by atoms with E-state index in [1.807, 2.05) is 12.1 Å². The van der Waals surface area contributed by atoms with Crippen LogP contribution in [0.4, 0.5) is 0 Å². The van der Waals surface area contributed by atoms with Crippen LogP contribution in [0.15, 0.2) is 28.8 Å². The van der Waals surface area contributed by atoms with Gasteiger partial charge in [0.25, 0.3) is 0 Å². The number of nitrogens with zero attached hydrogens (tertiary/aromatic N) is 3. The summed E-state index contributed by atoms with van der Waals surface area (Å²) in [4.78, 5) is 7.31. The first-order chi connectivity index (χ1) is 11.8. The molecule has 2 heterocycles. The van der Waals surface area contributed by atoms with Crippen molar-refractivity contribution in [2.45, 2.75) is 51.4 Å². The third-order valence-corrected chi connectivity index (χ3v) is 5.69. The highest BCUT2D eigenvalue weighted by Crippen LogP contribution is 2.31. The van der Waals surface area contributed by atoms with Crippen LogP contribution in [-0.2, 0) is 0 Å². The van der Waals surface area contributed by atoms with Gasteiger partial charge in [0, 0.05) is 18.7 Å². The van der Waals surface area contributed by atoms with Crippen LogP contribution >= 0.6 is 0 Å². The average molecular weight is 325 g/mol. The molecule has 2 fully saturated rings. The maximum absolute atomic E-state index is 5.61. The lowest BCUT2D eigenvalue weighted by molar-refractivity contribution is 0.229. The summed E-state index contributed by atoms with van der Waals surface area (Å²) in [5.41, 5.74) is 2.26. The van der Waals surface area contributed by atoms with Gasteiger partial charge in [0.2, 0.25) is 11.7 Å². The summed E-state index contributed by atoms with van der Waals surface area (Å²) in [6.07, 6.45) is 8.25. The Kier molecular flexibility index (Phi) is 4.65. The second-order valence-electron chi connectivity index (χ2n) is 7.52. The van der Waals surface area contributed by atoms with Crippen LogP contribution in [-0.4, -0.2) is 34.7 Å². The predicted molar refractivity (Wildman–Crippen MR) is 94.8 cm³/mol. The first-order valence-electron chi connectivity index (χ1n) is 9.41. The molecule has 1 saturated heterocycles. The first-order valence-corrected chi connectivity index (χ1v) is 9.41. The molecule has 1 aliphatic carbocycles. The van der Waals surface area contributed by atoms with Gasteiger partial charge in [0.05, 0.1) is 5.92 Å². The van der Waals surface area contributed by atoms with Crippen molar-refractivity contribution < 1.29 is 4.52 Å². The SMILES string of the molecule is Cc1ccccc1-c1noc(C2CCN(CC3CCCCC3)C2)n1. The van der Waals surface area contributed by atoms with E-state index >= 15 is 0 Å². The minimum absolute atomic E-state index is 0.402. The number of aromatic nitrogens is 2. The van der Waals surface area contributed by atoms with Crippen molar-refractivity contribution in [1.29, 1.82) is 0 Å². The predicted octanol–water partition coefficient (Wildman–Crippen LogP) is 4.41. The molecule has 0 spiro atoms. The molecule has 1 aromatic heterocycles. The molecular weight excluding hydrogens is 298 g/mol. The highest BCUT2D eigenvalue weighted by Gasteiger charge is 2.30. The maximum Gasteiger partial charge on any atom is 0.231 e. The molecule has 0 radical (unpaired) electrons. The molecular formula is C20H27N3O. The summed E-state index contributed by atoms with van der Waals surface area (Å²) in [7, 11) is 0. The van der Waals surface area contributed by atoms with Gasteiger partial charge in [-0.1, -0.05) is 48.7 Å². The largest absolute Gasteiger partial charge is 0.339 e. The Hall–Kier alpha value is -1.68. The van der Waals surface area contributed by atoms with Crippen LogP contribution in [0.25, 0.3) is 11.4 Å². The Morgan fingerprint density at radius 1 is 1.12 bits per heavy atom. The molecule has 4 nitrogen and oxygen atoms in total. The number of aryl methyl sites for hydroxylation is 1. The Morgan fingerprint density at radius 3 is 2.79 bits per heavy atom. The molecule has 2 aliphatic rings. The van der Waals surface area contributed by atoms with Crippen molar-refractivity contribution in [3.63, 3.8) is 0 Å². The van der Waals surface area contributed by atoms with E-state index in [-0.39, 0.29) is 0 Å². The van der Waals surface area contributed by atoms with Gasteiger partial charge in [-0.3, -0.25) is 0 Å². The van der Waals surface area contributed by atoms with Crippen LogP contribution in [0.5, 0.6) is 0 Å². The quantitative estimate of drug-likeness (QED) is 0.835. The normalized spacial score (nSPS) is 23.0. The average Bonchev–Trinajstić information content (AvgIpc) is 3.25. The van der Waals surface area contributed by atoms with E-state index in [1.54, 1.807) is 0 Å². The molecule has 1 saturated carbocycles. The van der Waals surface area contributed by atoms with Gasteiger partial charge < -0.3 is 9.42 Å². The lowest BCUT2D eigenvalue weighted by Gasteiger charge is -2.26. The molecule has 0 amide bonds. The molecule has 24 heavy (non-hydrogen) atoms. The van der Waals surface area contributed by atoms with E-state index in [1.165, 1.54) is 50.8 Å². The number of hydrogen-bond donors (Lipinski definition) is 0. The summed E-state index contributed by atoms with van der Waals surface area (Å²) in [5, 5.41) is 4.23. The molecule has 128 valence electrons.